The number of benzene rings is 2. The van der Waals surface area contributed by atoms with Crippen LogP contribution in [0.25, 0.3) is 6.08 Å². The molecule has 0 bridgehead atoms. The Kier molecular flexibility index (Phi) is 4.51. The van der Waals surface area contributed by atoms with Crippen molar-refractivity contribution in [2.45, 2.75) is 6.92 Å². The van der Waals surface area contributed by atoms with Crippen molar-refractivity contribution in [2.75, 3.05) is 0 Å². The lowest BCUT2D eigenvalue weighted by molar-refractivity contribution is -0.131. The van der Waals surface area contributed by atoms with E-state index in [0.717, 1.165) is 5.56 Å². The van der Waals surface area contributed by atoms with E-state index in [-0.39, 0.29) is 0 Å². The first-order valence-electron chi connectivity index (χ1n) is 6.31. The van der Waals surface area contributed by atoms with Gasteiger partial charge >= 0.3 is 11.9 Å². The minimum Gasteiger partial charge on any atom is -0.427 e. The van der Waals surface area contributed by atoms with Crippen LogP contribution in [0, 0.1) is 0 Å². The molecule has 0 saturated carbocycles. The van der Waals surface area contributed by atoms with E-state index in [1.54, 1.807) is 54.6 Å². The van der Waals surface area contributed by atoms with Crippen LogP contribution in [0.5, 0.6) is 11.5 Å². The van der Waals surface area contributed by atoms with E-state index in [2.05, 4.69) is 6.58 Å². The first kappa shape index (κ1) is 14.5. The van der Waals surface area contributed by atoms with Gasteiger partial charge in [0.1, 0.15) is 11.5 Å². The number of hydrogen-bond donors (Lipinski definition) is 0. The van der Waals surface area contributed by atoms with Crippen molar-refractivity contribution >= 4 is 18.0 Å². The van der Waals surface area contributed by atoms with Gasteiger partial charge in [0.2, 0.25) is 0 Å². The van der Waals surface area contributed by atoms with Crippen LogP contribution >= 0.6 is 0 Å². The van der Waals surface area contributed by atoms with Gasteiger partial charge in [0, 0.05) is 6.92 Å². The zero-order chi connectivity index (χ0) is 15.2. The van der Waals surface area contributed by atoms with Crippen LogP contribution in [-0.4, -0.2) is 11.9 Å². The molecule has 0 N–H and O–H groups in total. The molecule has 0 radical (unpaired) electrons. The maximum atomic E-state index is 12.0. The lowest BCUT2D eigenvalue weighted by Crippen LogP contribution is -2.08. The highest BCUT2D eigenvalue weighted by Crippen LogP contribution is 2.17. The molecule has 2 aromatic rings. The highest BCUT2D eigenvalue weighted by atomic mass is 16.5. The summed E-state index contributed by atoms with van der Waals surface area (Å²) in [6.07, 6.45) is 1.71. The van der Waals surface area contributed by atoms with Gasteiger partial charge in [-0.25, -0.2) is 4.79 Å². The van der Waals surface area contributed by atoms with Crippen molar-refractivity contribution in [1.29, 1.82) is 0 Å². The number of esters is 2. The molecule has 0 unspecified atom stereocenters. The highest BCUT2D eigenvalue weighted by molar-refractivity contribution is 5.91. The monoisotopic (exact) mass is 282 g/mol. The predicted molar refractivity (Wildman–Crippen MR) is 79.2 cm³/mol. The lowest BCUT2D eigenvalue weighted by atomic mass is 10.2. The molecular weight excluding hydrogens is 268 g/mol. The van der Waals surface area contributed by atoms with E-state index in [1.165, 1.54) is 6.92 Å². The van der Waals surface area contributed by atoms with Gasteiger partial charge < -0.3 is 9.47 Å². The quantitative estimate of drug-likeness (QED) is 0.636. The minimum absolute atomic E-state index is 0.374. The van der Waals surface area contributed by atoms with Gasteiger partial charge in [0.25, 0.3) is 0 Å². The van der Waals surface area contributed by atoms with Crippen molar-refractivity contribution in [1.82, 2.24) is 0 Å². The van der Waals surface area contributed by atoms with Crippen molar-refractivity contribution < 1.29 is 19.1 Å². The first-order chi connectivity index (χ1) is 10.1. The standard InChI is InChI=1S/C17H14O4/c1-3-13-4-8-16(9-5-13)21-17(19)14-6-10-15(11-7-14)20-12(2)18/h3-11H,1H2,2H3. The van der Waals surface area contributed by atoms with Gasteiger partial charge in [0.15, 0.2) is 0 Å². The van der Waals surface area contributed by atoms with Crippen molar-refractivity contribution in [3.63, 3.8) is 0 Å². The molecule has 0 aliphatic carbocycles. The topological polar surface area (TPSA) is 52.6 Å². The van der Waals surface area contributed by atoms with Crippen LogP contribution in [0.2, 0.25) is 0 Å². The highest BCUT2D eigenvalue weighted by Gasteiger charge is 2.09. The zero-order valence-electron chi connectivity index (χ0n) is 11.5. The van der Waals surface area contributed by atoms with E-state index in [4.69, 9.17) is 9.47 Å². The van der Waals surface area contributed by atoms with Gasteiger partial charge in [0.05, 0.1) is 5.56 Å². The Hall–Kier alpha value is -2.88. The number of hydrogen-bond acceptors (Lipinski definition) is 4. The predicted octanol–water partition coefficient (Wildman–Crippen LogP) is 3.47. The molecule has 21 heavy (non-hydrogen) atoms. The third-order valence-corrected chi connectivity index (χ3v) is 2.68. The molecule has 0 aromatic heterocycles. The molecule has 0 spiro atoms. The Morgan fingerprint density at radius 2 is 1.43 bits per heavy atom. The van der Waals surface area contributed by atoms with Crippen LogP contribution in [0.4, 0.5) is 0 Å². The third kappa shape index (κ3) is 4.04. The fourth-order valence-electron chi connectivity index (χ4n) is 1.66. The lowest BCUT2D eigenvalue weighted by Gasteiger charge is -2.05. The molecule has 0 saturated heterocycles. The maximum absolute atomic E-state index is 12.0. The van der Waals surface area contributed by atoms with Crippen LogP contribution < -0.4 is 9.47 Å². The molecule has 0 aliphatic rings. The fourth-order valence-corrected chi connectivity index (χ4v) is 1.66. The Morgan fingerprint density at radius 3 is 1.95 bits per heavy atom. The smallest absolute Gasteiger partial charge is 0.343 e. The first-order valence-corrected chi connectivity index (χ1v) is 6.31. The summed E-state index contributed by atoms with van der Waals surface area (Å²) >= 11 is 0. The maximum Gasteiger partial charge on any atom is 0.343 e. The van der Waals surface area contributed by atoms with Crippen molar-refractivity contribution in [3.05, 3.63) is 66.2 Å². The van der Waals surface area contributed by atoms with Crippen LogP contribution in [0.15, 0.2) is 55.1 Å². The molecule has 106 valence electrons. The molecule has 0 atom stereocenters. The number of ether oxygens (including phenoxy) is 2. The largest absolute Gasteiger partial charge is 0.427 e. The summed E-state index contributed by atoms with van der Waals surface area (Å²) in [6.45, 7) is 4.97. The van der Waals surface area contributed by atoms with Gasteiger partial charge in [-0.2, -0.15) is 0 Å². The molecule has 4 heteroatoms. The molecule has 0 aliphatic heterocycles. The fraction of sp³-hybridized carbons (Fsp3) is 0.0588. The van der Waals surface area contributed by atoms with E-state index in [1.807, 2.05) is 0 Å². The average Bonchev–Trinajstić information content (AvgIpc) is 2.48. The van der Waals surface area contributed by atoms with Crippen LogP contribution in [-0.2, 0) is 4.79 Å². The van der Waals surface area contributed by atoms with Gasteiger partial charge in [-0.3, -0.25) is 4.79 Å². The van der Waals surface area contributed by atoms with Gasteiger partial charge in [-0.1, -0.05) is 24.8 Å². The van der Waals surface area contributed by atoms with E-state index in [9.17, 15) is 9.59 Å². The van der Waals surface area contributed by atoms with Gasteiger partial charge in [-0.15, -0.1) is 0 Å². The van der Waals surface area contributed by atoms with E-state index in [0.29, 0.717) is 17.1 Å². The Bertz CT molecular complexity index is 654. The SMILES string of the molecule is C=Cc1ccc(OC(=O)c2ccc(OC(C)=O)cc2)cc1. The van der Waals surface area contributed by atoms with Crippen molar-refractivity contribution in [3.8, 4) is 11.5 Å². The van der Waals surface area contributed by atoms with Gasteiger partial charge in [-0.05, 0) is 42.0 Å². The summed E-state index contributed by atoms with van der Waals surface area (Å²) in [6, 6.07) is 13.2. The Labute approximate surface area is 122 Å². The molecule has 2 aromatic carbocycles. The molecule has 0 amide bonds. The third-order valence-electron chi connectivity index (χ3n) is 2.68. The summed E-state index contributed by atoms with van der Waals surface area (Å²) in [5.41, 5.74) is 1.32. The second-order valence-electron chi connectivity index (χ2n) is 4.28. The summed E-state index contributed by atoms with van der Waals surface area (Å²) < 4.78 is 10.1. The molecule has 0 fully saturated rings. The second kappa shape index (κ2) is 6.52. The summed E-state index contributed by atoms with van der Waals surface area (Å²) in [5.74, 6) is -0.0487. The zero-order valence-corrected chi connectivity index (χ0v) is 11.5. The number of carbonyl (C=O) groups is 2. The number of carbonyl (C=O) groups excluding carboxylic acids is 2. The summed E-state index contributed by atoms with van der Waals surface area (Å²) in [7, 11) is 0. The normalized spacial score (nSPS) is 9.76. The van der Waals surface area contributed by atoms with E-state index < -0.39 is 11.9 Å². The van der Waals surface area contributed by atoms with Crippen LogP contribution in [0.1, 0.15) is 22.8 Å². The molecule has 0 heterocycles. The van der Waals surface area contributed by atoms with Crippen LogP contribution in [0.3, 0.4) is 0 Å². The van der Waals surface area contributed by atoms with Crippen molar-refractivity contribution in [2.24, 2.45) is 0 Å². The van der Waals surface area contributed by atoms with E-state index >= 15 is 0 Å². The number of rotatable bonds is 4. The molecular formula is C17H14O4. The minimum atomic E-state index is -0.476. The Morgan fingerprint density at radius 1 is 0.905 bits per heavy atom. The molecule has 2 rings (SSSR count). The average molecular weight is 282 g/mol. The molecule has 4 nitrogen and oxygen atoms in total. The summed E-state index contributed by atoms with van der Waals surface area (Å²) in [4.78, 5) is 22.8. The summed E-state index contributed by atoms with van der Waals surface area (Å²) in [5, 5.41) is 0. The second-order valence-corrected chi connectivity index (χ2v) is 4.28. The Balaban J connectivity index is 2.05.